The third kappa shape index (κ3) is 2.95. The maximum Gasteiger partial charge on any atom is 0.341 e. The summed E-state index contributed by atoms with van der Waals surface area (Å²) >= 11 is 0. The number of nitrogens with zero attached hydrogens (tertiary/aromatic N) is 2. The molecule has 0 amide bonds. The molecule has 3 aromatic rings. The van der Waals surface area contributed by atoms with Crippen molar-refractivity contribution in [1.29, 1.82) is 0 Å². The number of fused-ring (bicyclic) bond motifs is 2. The highest BCUT2D eigenvalue weighted by Gasteiger charge is 2.36. The number of nitrogens with two attached hydrogens (primary N) is 1. The van der Waals surface area contributed by atoms with Crippen LogP contribution in [0.3, 0.4) is 0 Å². The van der Waals surface area contributed by atoms with Crippen LogP contribution in [0.15, 0.2) is 17.1 Å². The molecule has 5 N–H and O–H groups in total. The Morgan fingerprint density at radius 3 is 2.59 bits per heavy atom. The molecular formula is C24H24F2N4O4. The molecule has 34 heavy (non-hydrogen) atoms. The van der Waals surface area contributed by atoms with E-state index in [1.807, 2.05) is 11.8 Å². The van der Waals surface area contributed by atoms with Gasteiger partial charge in [-0.15, -0.1) is 0 Å². The van der Waals surface area contributed by atoms with E-state index in [-0.39, 0.29) is 34.7 Å². The summed E-state index contributed by atoms with van der Waals surface area (Å²) in [6, 6.07) is 1.28. The lowest BCUT2D eigenvalue weighted by Crippen LogP contribution is -2.58. The van der Waals surface area contributed by atoms with Gasteiger partial charge in [-0.3, -0.25) is 4.79 Å². The summed E-state index contributed by atoms with van der Waals surface area (Å²) in [4.78, 5) is 26.9. The Hall–Kier alpha value is -3.50. The summed E-state index contributed by atoms with van der Waals surface area (Å²) < 4.78 is 31.9. The van der Waals surface area contributed by atoms with E-state index in [2.05, 4.69) is 5.32 Å². The largest absolute Gasteiger partial charge is 0.477 e. The Bertz CT molecular complexity index is 1440. The van der Waals surface area contributed by atoms with Crippen LogP contribution < -0.4 is 21.4 Å². The minimum Gasteiger partial charge on any atom is -0.477 e. The molecule has 0 saturated carbocycles. The average molecular weight is 470 g/mol. The van der Waals surface area contributed by atoms with E-state index in [9.17, 15) is 24.2 Å². The predicted molar refractivity (Wildman–Crippen MR) is 124 cm³/mol. The molecule has 0 atom stereocenters. The molecular weight excluding hydrogens is 446 g/mol. The Labute approximate surface area is 193 Å². The van der Waals surface area contributed by atoms with Gasteiger partial charge in [-0.1, -0.05) is 6.92 Å². The first-order chi connectivity index (χ1) is 16.2. The number of aryl methyl sites for hydroxylation is 1. The summed E-state index contributed by atoms with van der Waals surface area (Å²) in [5.41, 5.74) is 6.52. The second-order valence-corrected chi connectivity index (χ2v) is 8.79. The maximum atomic E-state index is 15.8. The molecule has 2 aromatic carbocycles. The van der Waals surface area contributed by atoms with Crippen LogP contribution in [0.1, 0.15) is 39.5 Å². The van der Waals surface area contributed by atoms with E-state index in [0.29, 0.717) is 41.1 Å². The van der Waals surface area contributed by atoms with E-state index in [0.717, 1.165) is 18.8 Å². The van der Waals surface area contributed by atoms with Crippen molar-refractivity contribution in [2.45, 2.75) is 32.9 Å². The Kier molecular flexibility index (Phi) is 5.10. The van der Waals surface area contributed by atoms with Crippen LogP contribution in [0.2, 0.25) is 0 Å². The molecule has 1 fully saturated rings. The van der Waals surface area contributed by atoms with E-state index in [1.165, 1.54) is 11.5 Å². The number of carboxylic acids is 1. The lowest BCUT2D eigenvalue weighted by molar-refractivity contribution is 0.0695. The number of aliphatic hydroxyl groups is 1. The molecule has 0 unspecified atom stereocenters. The van der Waals surface area contributed by atoms with Crippen LogP contribution in [0.4, 0.5) is 20.2 Å². The highest BCUT2D eigenvalue weighted by Crippen LogP contribution is 2.44. The lowest BCUT2D eigenvalue weighted by Gasteiger charge is -2.43. The maximum absolute atomic E-state index is 15.8. The van der Waals surface area contributed by atoms with Gasteiger partial charge >= 0.3 is 5.97 Å². The Morgan fingerprint density at radius 1 is 1.26 bits per heavy atom. The van der Waals surface area contributed by atoms with Crippen molar-refractivity contribution in [3.05, 3.63) is 61.9 Å². The van der Waals surface area contributed by atoms with E-state index < -0.39 is 35.2 Å². The monoisotopic (exact) mass is 470 g/mol. The number of halogens is 2. The molecule has 0 radical (unpaired) electrons. The number of aromatic carboxylic acids is 1. The standard InChI is InChI=1S/C24H24F2N4O4/c1-3-28-12-6-29(7-12)22-14-5-13-19(27)16(25)4-11(9-31)20(13)30-8-15(24(33)34)23(32)17(21(14)30)10(2)18(22)26/h4,8,12,28,31H,3,5-7,9,27H2,1-2H3,(H,33,34). The van der Waals surface area contributed by atoms with Crippen LogP contribution in [0.25, 0.3) is 16.6 Å². The number of pyridine rings is 1. The fourth-order valence-corrected chi connectivity index (χ4v) is 5.24. The first kappa shape index (κ1) is 22.3. The average Bonchev–Trinajstić information content (AvgIpc) is 2.77. The second-order valence-electron chi connectivity index (χ2n) is 8.79. The third-order valence-corrected chi connectivity index (χ3v) is 6.85. The Morgan fingerprint density at radius 2 is 1.97 bits per heavy atom. The van der Waals surface area contributed by atoms with Gasteiger partial charge in [-0.2, -0.15) is 0 Å². The number of hydrogen-bond acceptors (Lipinski definition) is 6. The van der Waals surface area contributed by atoms with Crippen LogP contribution >= 0.6 is 0 Å². The molecule has 0 bridgehead atoms. The SMILES string of the molecule is CCNC1CN(c2c(F)c(C)c3c(=O)c(C(=O)O)cn4c3c2Cc2c(N)c(F)cc(CO)c2-4)C1. The van der Waals surface area contributed by atoms with E-state index >= 15 is 4.39 Å². The number of nitrogen functional groups attached to an aromatic ring is 1. The van der Waals surface area contributed by atoms with Gasteiger partial charge < -0.3 is 30.7 Å². The Balaban J connectivity index is 1.91. The first-order valence-corrected chi connectivity index (χ1v) is 11.0. The fraction of sp³-hybridized carbons (Fsp3) is 0.333. The number of rotatable bonds is 5. The highest BCUT2D eigenvalue weighted by molar-refractivity contribution is 5.99. The van der Waals surface area contributed by atoms with Crippen LogP contribution in [-0.4, -0.2) is 46.4 Å². The van der Waals surface area contributed by atoms with Gasteiger partial charge in [0, 0.05) is 54.0 Å². The van der Waals surface area contributed by atoms with Gasteiger partial charge in [0.1, 0.15) is 11.4 Å². The van der Waals surface area contributed by atoms with Crippen molar-refractivity contribution < 1.29 is 23.8 Å². The summed E-state index contributed by atoms with van der Waals surface area (Å²) in [5.74, 6) is -2.80. The molecule has 178 valence electrons. The zero-order valence-corrected chi connectivity index (χ0v) is 18.7. The van der Waals surface area contributed by atoms with Crippen molar-refractivity contribution in [1.82, 2.24) is 9.88 Å². The van der Waals surface area contributed by atoms with Gasteiger partial charge in [-0.25, -0.2) is 13.6 Å². The molecule has 5 rings (SSSR count). The molecule has 10 heteroatoms. The third-order valence-electron chi connectivity index (χ3n) is 6.85. The summed E-state index contributed by atoms with van der Waals surface area (Å²) in [7, 11) is 0. The summed E-state index contributed by atoms with van der Waals surface area (Å²) in [6.45, 7) is 4.78. The molecule has 2 aliphatic heterocycles. The van der Waals surface area contributed by atoms with Crippen LogP contribution in [0, 0.1) is 18.6 Å². The van der Waals surface area contributed by atoms with Crippen molar-refractivity contribution in [2.75, 3.05) is 30.3 Å². The van der Waals surface area contributed by atoms with Crippen molar-refractivity contribution in [3.63, 3.8) is 0 Å². The minimum absolute atomic E-state index is 0.0309. The molecule has 0 aliphatic carbocycles. The molecule has 3 heterocycles. The number of likely N-dealkylation sites (N-methyl/N-ethyl adjacent to an activating group) is 1. The number of anilines is 2. The lowest BCUT2D eigenvalue weighted by atomic mass is 9.87. The zero-order valence-electron chi connectivity index (χ0n) is 18.7. The summed E-state index contributed by atoms with van der Waals surface area (Å²) in [5, 5.41) is 22.9. The van der Waals surface area contributed by atoms with Crippen molar-refractivity contribution >= 4 is 28.2 Å². The number of aromatic nitrogens is 1. The molecule has 8 nitrogen and oxygen atoms in total. The topological polar surface area (TPSA) is 121 Å². The smallest absolute Gasteiger partial charge is 0.341 e. The van der Waals surface area contributed by atoms with E-state index in [1.54, 1.807) is 0 Å². The van der Waals surface area contributed by atoms with Crippen molar-refractivity contribution in [2.24, 2.45) is 0 Å². The molecule has 2 aliphatic rings. The zero-order chi connectivity index (χ0) is 24.5. The number of hydrogen-bond donors (Lipinski definition) is 4. The number of carboxylic acid groups (broad SMARTS) is 1. The van der Waals surface area contributed by atoms with Gasteiger partial charge in [0.05, 0.1) is 34.6 Å². The number of aliphatic hydroxyl groups excluding tert-OH is 1. The molecule has 0 spiro atoms. The second kappa shape index (κ2) is 7.78. The van der Waals surface area contributed by atoms with E-state index in [4.69, 9.17) is 5.73 Å². The van der Waals surface area contributed by atoms with Gasteiger partial charge in [0.15, 0.2) is 5.82 Å². The quantitative estimate of drug-likeness (QED) is 0.330. The number of carbonyl (C=O) groups is 1. The van der Waals surface area contributed by atoms with Crippen LogP contribution in [0.5, 0.6) is 0 Å². The predicted octanol–water partition coefficient (Wildman–Crippen LogP) is 2.05. The van der Waals surface area contributed by atoms with Gasteiger partial charge in [0.25, 0.3) is 0 Å². The summed E-state index contributed by atoms with van der Waals surface area (Å²) in [6.07, 6.45) is 1.19. The van der Waals surface area contributed by atoms with Crippen molar-refractivity contribution in [3.8, 4) is 5.69 Å². The fourth-order valence-electron chi connectivity index (χ4n) is 5.24. The minimum atomic E-state index is -1.47. The normalized spacial score (nSPS) is 14.9. The number of benzene rings is 2. The van der Waals surface area contributed by atoms with Crippen LogP contribution in [-0.2, 0) is 13.0 Å². The highest BCUT2D eigenvalue weighted by atomic mass is 19.1. The van der Waals surface area contributed by atoms with Gasteiger partial charge in [-0.05, 0) is 19.5 Å². The molecule has 1 aromatic heterocycles. The van der Waals surface area contributed by atoms with Gasteiger partial charge in [0.2, 0.25) is 5.43 Å². The molecule has 1 saturated heterocycles. The number of nitrogens with one attached hydrogen (secondary N) is 1. The first-order valence-electron chi connectivity index (χ1n) is 11.0.